The second-order valence-corrected chi connectivity index (χ2v) is 4.62. The van der Waals surface area contributed by atoms with Crippen molar-refractivity contribution in [2.24, 2.45) is 13.0 Å². The van der Waals surface area contributed by atoms with Gasteiger partial charge in [-0.25, -0.2) is 0 Å². The van der Waals surface area contributed by atoms with E-state index in [0.29, 0.717) is 4.60 Å². The van der Waals surface area contributed by atoms with Gasteiger partial charge >= 0.3 is 5.97 Å². The van der Waals surface area contributed by atoms with Crippen LogP contribution in [0, 0.1) is 5.92 Å². The van der Waals surface area contributed by atoms with Crippen LogP contribution in [0.4, 0.5) is 0 Å². The number of rotatable bonds is 2. The lowest BCUT2D eigenvalue weighted by Crippen LogP contribution is -2.19. The fraction of sp³-hybridized carbons (Fsp3) is 0.667. The van der Waals surface area contributed by atoms with Gasteiger partial charge in [0.1, 0.15) is 0 Å². The first kappa shape index (κ1) is 10.6. The first-order valence-corrected chi connectivity index (χ1v) is 5.68. The molecule has 0 aromatic carbocycles. The van der Waals surface area contributed by atoms with Gasteiger partial charge in [0.25, 0.3) is 0 Å². The minimum atomic E-state index is -0.717. The van der Waals surface area contributed by atoms with Gasteiger partial charge in [0.2, 0.25) is 0 Å². The molecule has 0 bridgehead atoms. The number of nitrogens with zero attached hydrogens (tertiary/aromatic N) is 3. The highest BCUT2D eigenvalue weighted by atomic mass is 79.9. The molecule has 0 saturated heterocycles. The molecule has 2 atom stereocenters. The monoisotopic (exact) mass is 273 g/mol. The van der Waals surface area contributed by atoms with Gasteiger partial charge < -0.3 is 5.11 Å². The number of carbonyl (C=O) groups is 1. The second-order valence-electron chi connectivity index (χ2n) is 3.87. The molecule has 1 fully saturated rings. The fourth-order valence-corrected chi connectivity index (χ4v) is 2.94. The summed E-state index contributed by atoms with van der Waals surface area (Å²) in [7, 11) is 1.80. The maximum Gasteiger partial charge on any atom is 0.307 e. The summed E-state index contributed by atoms with van der Waals surface area (Å²) in [4.78, 5) is 11.1. The Morgan fingerprint density at radius 2 is 2.33 bits per heavy atom. The molecule has 1 heterocycles. The van der Waals surface area contributed by atoms with Crippen molar-refractivity contribution < 1.29 is 9.90 Å². The van der Waals surface area contributed by atoms with E-state index in [1.54, 1.807) is 11.7 Å². The fourth-order valence-electron chi connectivity index (χ4n) is 2.32. The van der Waals surface area contributed by atoms with Gasteiger partial charge in [-0.15, -0.1) is 5.10 Å². The van der Waals surface area contributed by atoms with E-state index in [2.05, 4.69) is 26.2 Å². The molecule has 15 heavy (non-hydrogen) atoms. The van der Waals surface area contributed by atoms with Crippen molar-refractivity contribution in [3.63, 3.8) is 0 Å². The highest BCUT2D eigenvalue weighted by Crippen LogP contribution is 2.41. The molecule has 2 rings (SSSR count). The van der Waals surface area contributed by atoms with Gasteiger partial charge in [-0.3, -0.25) is 9.48 Å². The Hall–Kier alpha value is -0.910. The summed E-state index contributed by atoms with van der Waals surface area (Å²) in [5.41, 5.74) is 0.903. The van der Waals surface area contributed by atoms with Gasteiger partial charge in [-0.1, -0.05) is 11.6 Å². The van der Waals surface area contributed by atoms with Crippen molar-refractivity contribution in [3.05, 3.63) is 10.3 Å². The van der Waals surface area contributed by atoms with Crippen molar-refractivity contribution in [3.8, 4) is 0 Å². The number of aryl methyl sites for hydroxylation is 1. The predicted molar refractivity (Wildman–Crippen MR) is 56.4 cm³/mol. The Morgan fingerprint density at radius 1 is 1.60 bits per heavy atom. The Labute approximate surface area is 95.6 Å². The van der Waals surface area contributed by atoms with Gasteiger partial charge in [0, 0.05) is 13.0 Å². The van der Waals surface area contributed by atoms with Crippen LogP contribution in [-0.2, 0) is 11.8 Å². The highest BCUT2D eigenvalue weighted by molar-refractivity contribution is 9.10. The third kappa shape index (κ3) is 1.78. The van der Waals surface area contributed by atoms with Crippen LogP contribution in [-0.4, -0.2) is 26.1 Å². The zero-order valence-corrected chi connectivity index (χ0v) is 9.94. The largest absolute Gasteiger partial charge is 0.481 e. The molecule has 0 radical (unpaired) electrons. The number of hydrogen-bond acceptors (Lipinski definition) is 3. The van der Waals surface area contributed by atoms with E-state index in [4.69, 9.17) is 5.11 Å². The van der Waals surface area contributed by atoms with Crippen LogP contribution in [0.5, 0.6) is 0 Å². The zero-order chi connectivity index (χ0) is 11.0. The Bertz CT molecular complexity index is 371. The molecule has 5 nitrogen and oxygen atoms in total. The molecule has 1 N–H and O–H groups in total. The number of hydrogen-bond donors (Lipinski definition) is 1. The van der Waals surface area contributed by atoms with Crippen LogP contribution in [0.3, 0.4) is 0 Å². The van der Waals surface area contributed by atoms with E-state index in [-0.39, 0.29) is 11.8 Å². The Morgan fingerprint density at radius 3 is 2.87 bits per heavy atom. The van der Waals surface area contributed by atoms with Crippen LogP contribution in [0.2, 0.25) is 0 Å². The Kier molecular flexibility index (Phi) is 2.77. The molecular formula is C9H12BrN3O2. The molecule has 1 aliphatic rings. The summed E-state index contributed by atoms with van der Waals surface area (Å²) < 4.78 is 2.33. The molecule has 1 saturated carbocycles. The summed E-state index contributed by atoms with van der Waals surface area (Å²) in [6, 6.07) is 0. The van der Waals surface area contributed by atoms with E-state index in [9.17, 15) is 4.79 Å². The first-order valence-electron chi connectivity index (χ1n) is 4.89. The zero-order valence-electron chi connectivity index (χ0n) is 8.35. The predicted octanol–water partition coefficient (Wildman–Crippen LogP) is 1.55. The molecule has 0 amide bonds. The maximum atomic E-state index is 11.1. The molecule has 6 heteroatoms. The van der Waals surface area contributed by atoms with Gasteiger partial charge in [-0.05, 0) is 28.8 Å². The maximum absolute atomic E-state index is 11.1. The first-order chi connectivity index (χ1) is 7.11. The van der Waals surface area contributed by atoms with Crippen LogP contribution >= 0.6 is 15.9 Å². The van der Waals surface area contributed by atoms with Gasteiger partial charge in [-0.2, -0.15) is 0 Å². The molecule has 1 aromatic heterocycles. The summed E-state index contributed by atoms with van der Waals surface area (Å²) in [5, 5.41) is 16.9. The average molecular weight is 274 g/mol. The second kappa shape index (κ2) is 3.92. The highest BCUT2D eigenvalue weighted by Gasteiger charge is 2.37. The molecule has 0 spiro atoms. The van der Waals surface area contributed by atoms with Crippen molar-refractivity contribution in [1.29, 1.82) is 0 Å². The lowest BCUT2D eigenvalue weighted by molar-refractivity contribution is -0.142. The number of carboxylic acids is 1. The number of aliphatic carboxylic acids is 1. The third-order valence-corrected chi connectivity index (χ3v) is 3.58. The lowest BCUT2D eigenvalue weighted by Gasteiger charge is -2.15. The molecule has 1 aliphatic carbocycles. The molecule has 82 valence electrons. The number of carboxylic acid groups (broad SMARTS) is 1. The summed E-state index contributed by atoms with van der Waals surface area (Å²) >= 11 is 3.32. The van der Waals surface area contributed by atoms with E-state index >= 15 is 0 Å². The Balaban J connectivity index is 2.34. The molecule has 2 unspecified atom stereocenters. The van der Waals surface area contributed by atoms with Crippen LogP contribution in [0.25, 0.3) is 0 Å². The van der Waals surface area contributed by atoms with Crippen molar-refractivity contribution in [1.82, 2.24) is 15.0 Å². The van der Waals surface area contributed by atoms with Gasteiger partial charge in [0.05, 0.1) is 11.6 Å². The number of aromatic nitrogens is 3. The minimum Gasteiger partial charge on any atom is -0.481 e. The average Bonchev–Trinajstić information content (AvgIpc) is 2.73. The van der Waals surface area contributed by atoms with Crippen LogP contribution < -0.4 is 0 Å². The van der Waals surface area contributed by atoms with Crippen molar-refractivity contribution in [2.45, 2.75) is 25.2 Å². The van der Waals surface area contributed by atoms with Crippen molar-refractivity contribution in [2.75, 3.05) is 0 Å². The minimum absolute atomic E-state index is 0.0388. The third-order valence-electron chi connectivity index (χ3n) is 3.01. The smallest absolute Gasteiger partial charge is 0.307 e. The van der Waals surface area contributed by atoms with E-state index in [1.807, 2.05) is 0 Å². The van der Waals surface area contributed by atoms with Crippen LogP contribution in [0.15, 0.2) is 4.60 Å². The SMILES string of the molecule is Cn1nnc(Br)c1C1CCCC1C(=O)O. The lowest BCUT2D eigenvalue weighted by atomic mass is 9.93. The summed E-state index contributed by atoms with van der Waals surface area (Å²) in [6.07, 6.45) is 2.60. The van der Waals surface area contributed by atoms with Crippen molar-refractivity contribution >= 4 is 21.9 Å². The normalized spacial score (nSPS) is 25.7. The standard InChI is InChI=1S/C9H12BrN3O2/c1-13-7(8(10)11-12-13)5-3-2-4-6(5)9(14)15/h5-6H,2-4H2,1H3,(H,14,15). The van der Waals surface area contributed by atoms with E-state index < -0.39 is 5.97 Å². The quantitative estimate of drug-likeness (QED) is 0.888. The van der Waals surface area contributed by atoms with E-state index in [0.717, 1.165) is 25.0 Å². The molecule has 0 aliphatic heterocycles. The molecule has 1 aromatic rings. The summed E-state index contributed by atoms with van der Waals surface area (Å²) in [5.74, 6) is -0.971. The summed E-state index contributed by atoms with van der Waals surface area (Å²) in [6.45, 7) is 0. The van der Waals surface area contributed by atoms with E-state index in [1.165, 1.54) is 0 Å². The van der Waals surface area contributed by atoms with Gasteiger partial charge in [0.15, 0.2) is 4.60 Å². The van der Waals surface area contributed by atoms with Crippen LogP contribution in [0.1, 0.15) is 30.9 Å². The number of halogens is 1. The molecular weight excluding hydrogens is 262 g/mol. The topological polar surface area (TPSA) is 68.0 Å².